The molecule has 6 rings (SSSR count). The van der Waals surface area contributed by atoms with Gasteiger partial charge in [0.05, 0.1) is 36.6 Å². The minimum atomic E-state index is -0.803. The van der Waals surface area contributed by atoms with Crippen molar-refractivity contribution in [2.45, 2.75) is 39.3 Å². The minimum Gasteiger partial charge on any atom is -0.496 e. The van der Waals surface area contributed by atoms with Crippen LogP contribution < -0.4 is 38.6 Å². The molecular weight excluding hydrogens is 688 g/mol. The Morgan fingerprint density at radius 2 is 1.81 bits per heavy atom. The van der Waals surface area contributed by atoms with Gasteiger partial charge in [-0.25, -0.2) is 9.79 Å². The van der Waals surface area contributed by atoms with Crippen molar-refractivity contribution in [1.29, 1.82) is 0 Å². The summed E-state index contributed by atoms with van der Waals surface area (Å²) in [4.78, 5) is 33.1. The van der Waals surface area contributed by atoms with E-state index < -0.39 is 12.0 Å². The number of methoxy groups -OCH3 is 2. The molecule has 0 spiro atoms. The summed E-state index contributed by atoms with van der Waals surface area (Å²) in [6.45, 7) is 4.47. The molecule has 0 unspecified atom stereocenters. The number of carbonyl (C=O) groups is 1. The van der Waals surface area contributed by atoms with Gasteiger partial charge in [-0.2, -0.15) is 0 Å². The summed E-state index contributed by atoms with van der Waals surface area (Å²) in [5.74, 6) is 2.48. The Balaban J connectivity index is 1.41. The number of ether oxygens (including phenoxy) is 6. The van der Waals surface area contributed by atoms with E-state index in [1.165, 1.54) is 11.3 Å². The molecule has 0 aliphatic carbocycles. The van der Waals surface area contributed by atoms with Gasteiger partial charge in [-0.1, -0.05) is 52.7 Å². The molecule has 10 nitrogen and oxygen atoms in total. The lowest BCUT2D eigenvalue weighted by Gasteiger charge is -2.27. The fourth-order valence-electron chi connectivity index (χ4n) is 5.57. The van der Waals surface area contributed by atoms with Crippen LogP contribution in [-0.2, 0) is 16.1 Å². The third kappa shape index (κ3) is 6.52. The lowest BCUT2D eigenvalue weighted by molar-refractivity contribution is -0.139. The van der Waals surface area contributed by atoms with E-state index in [4.69, 9.17) is 33.4 Å². The number of rotatable bonds is 11. The fraction of sp³-hybridized carbons (Fsp3) is 0.286. The van der Waals surface area contributed by atoms with Gasteiger partial charge in [-0.3, -0.25) is 9.36 Å². The minimum absolute atomic E-state index is 0.187. The molecule has 12 heteroatoms. The van der Waals surface area contributed by atoms with E-state index in [-0.39, 0.29) is 19.0 Å². The predicted octanol–water partition coefficient (Wildman–Crippen LogP) is 5.67. The molecule has 0 saturated carbocycles. The highest BCUT2D eigenvalue weighted by molar-refractivity contribution is 9.10. The number of aromatic nitrogens is 1. The molecule has 3 aromatic carbocycles. The highest BCUT2D eigenvalue weighted by Crippen LogP contribution is 2.39. The number of fused-ring (bicyclic) bond motifs is 2. The van der Waals surface area contributed by atoms with E-state index >= 15 is 0 Å². The topological polar surface area (TPSA) is 107 Å². The molecule has 0 saturated heterocycles. The first-order chi connectivity index (χ1) is 22.8. The number of esters is 1. The van der Waals surface area contributed by atoms with Crippen molar-refractivity contribution in [2.24, 2.45) is 4.99 Å². The van der Waals surface area contributed by atoms with Crippen LogP contribution in [-0.4, -0.2) is 38.2 Å². The van der Waals surface area contributed by atoms with Crippen molar-refractivity contribution >= 4 is 39.3 Å². The zero-order valence-electron chi connectivity index (χ0n) is 26.3. The zero-order chi connectivity index (χ0) is 33.1. The number of hydrogen-bond acceptors (Lipinski definition) is 10. The van der Waals surface area contributed by atoms with Crippen molar-refractivity contribution in [2.75, 3.05) is 27.6 Å². The molecule has 0 fully saturated rings. The van der Waals surface area contributed by atoms with Crippen LogP contribution in [0.2, 0.25) is 0 Å². The van der Waals surface area contributed by atoms with E-state index in [2.05, 4.69) is 15.9 Å². The molecule has 1 atom stereocenters. The van der Waals surface area contributed by atoms with Crippen LogP contribution >= 0.6 is 27.3 Å². The van der Waals surface area contributed by atoms with Crippen molar-refractivity contribution < 1.29 is 33.2 Å². The maximum absolute atomic E-state index is 14.2. The molecule has 244 valence electrons. The summed E-state index contributed by atoms with van der Waals surface area (Å²) < 4.78 is 36.6. The standard InChI is InChI=1S/C35H33BrN2O8S/c1-5-7-24-31(34(40)43-6-2)32(23-17-22(36)10-13-25(23)41-3)38-33(39)30(47-35(38)37-24)16-20-8-11-26(28(14-20)42-4)44-18-21-9-12-27-29(15-21)46-19-45-27/h8-17,32H,5-7,18-19H2,1-4H3/b30-16+/t32-/m1/s1. The number of allylic oxidation sites excluding steroid dienone is 1. The van der Waals surface area contributed by atoms with Crippen LogP contribution in [0.1, 0.15) is 49.4 Å². The summed E-state index contributed by atoms with van der Waals surface area (Å²) in [6.07, 6.45) is 3.08. The van der Waals surface area contributed by atoms with Crippen LogP contribution in [0.3, 0.4) is 0 Å². The highest BCUT2D eigenvalue weighted by Gasteiger charge is 2.36. The first kappa shape index (κ1) is 32.4. The number of thiazole rings is 1. The Hall–Kier alpha value is -4.55. The summed E-state index contributed by atoms with van der Waals surface area (Å²) in [7, 11) is 3.13. The highest BCUT2D eigenvalue weighted by atomic mass is 79.9. The summed E-state index contributed by atoms with van der Waals surface area (Å²) >= 11 is 4.81. The molecule has 47 heavy (non-hydrogen) atoms. The summed E-state index contributed by atoms with van der Waals surface area (Å²) in [5.41, 5.74) is 2.93. The van der Waals surface area contributed by atoms with Crippen LogP contribution in [0.25, 0.3) is 6.08 Å². The first-order valence-electron chi connectivity index (χ1n) is 15.1. The third-order valence-corrected chi connectivity index (χ3v) is 9.17. The second-order valence-corrected chi connectivity index (χ2v) is 12.6. The van der Waals surface area contributed by atoms with E-state index in [0.29, 0.717) is 67.9 Å². The van der Waals surface area contributed by atoms with Gasteiger partial charge in [0, 0.05) is 10.0 Å². The van der Waals surface area contributed by atoms with Crippen LogP contribution in [0, 0.1) is 0 Å². The lowest BCUT2D eigenvalue weighted by Crippen LogP contribution is -2.40. The van der Waals surface area contributed by atoms with Crippen molar-refractivity contribution in [1.82, 2.24) is 4.57 Å². The monoisotopic (exact) mass is 720 g/mol. The Kier molecular flexibility index (Phi) is 9.69. The molecule has 4 aromatic rings. The Morgan fingerprint density at radius 3 is 2.57 bits per heavy atom. The third-order valence-electron chi connectivity index (χ3n) is 7.70. The number of hydrogen-bond donors (Lipinski definition) is 0. The molecule has 0 amide bonds. The Bertz CT molecular complexity index is 2050. The fourth-order valence-corrected chi connectivity index (χ4v) is 6.97. The number of halogens is 1. The van der Waals surface area contributed by atoms with E-state index in [0.717, 1.165) is 22.0 Å². The molecule has 2 aliphatic rings. The second kappa shape index (κ2) is 14.1. The quantitative estimate of drug-likeness (QED) is 0.183. The van der Waals surface area contributed by atoms with Gasteiger partial charge in [0.2, 0.25) is 6.79 Å². The smallest absolute Gasteiger partial charge is 0.338 e. The number of nitrogens with zero attached hydrogens (tertiary/aromatic N) is 2. The molecule has 0 N–H and O–H groups in total. The van der Waals surface area contributed by atoms with Crippen LogP contribution in [0.15, 0.2) is 80.1 Å². The van der Waals surface area contributed by atoms with Gasteiger partial charge in [0.25, 0.3) is 5.56 Å². The molecule has 0 radical (unpaired) electrons. The second-order valence-electron chi connectivity index (χ2n) is 10.7. The Labute approximate surface area is 283 Å². The Morgan fingerprint density at radius 1 is 1.02 bits per heavy atom. The maximum atomic E-state index is 14.2. The molecule has 1 aromatic heterocycles. The van der Waals surface area contributed by atoms with Crippen molar-refractivity contribution in [3.8, 4) is 28.7 Å². The van der Waals surface area contributed by atoms with Crippen LogP contribution in [0.4, 0.5) is 0 Å². The van der Waals surface area contributed by atoms with Gasteiger partial charge in [-0.05, 0) is 73.0 Å². The van der Waals surface area contributed by atoms with E-state index in [9.17, 15) is 9.59 Å². The SMILES string of the molecule is CCCC1=C(C(=O)OCC)[C@@H](c2cc(Br)ccc2OC)n2c(s/c(=C/c3ccc(OCc4ccc5c(c4)OCO5)c(OC)c3)c2=O)=N1. The molecule has 0 bridgehead atoms. The predicted molar refractivity (Wildman–Crippen MR) is 180 cm³/mol. The van der Waals surface area contributed by atoms with E-state index in [1.54, 1.807) is 37.9 Å². The average Bonchev–Trinajstić information content (AvgIpc) is 3.67. The van der Waals surface area contributed by atoms with Crippen molar-refractivity contribution in [3.63, 3.8) is 0 Å². The summed E-state index contributed by atoms with van der Waals surface area (Å²) in [6, 6.07) is 15.9. The number of carbonyl (C=O) groups excluding carboxylic acids is 1. The van der Waals surface area contributed by atoms with Crippen molar-refractivity contribution in [3.05, 3.63) is 107 Å². The normalized spacial score (nSPS) is 15.3. The number of benzene rings is 3. The lowest BCUT2D eigenvalue weighted by atomic mass is 9.93. The first-order valence-corrected chi connectivity index (χ1v) is 16.7. The average molecular weight is 722 g/mol. The van der Waals surface area contributed by atoms with Gasteiger partial charge in [-0.15, -0.1) is 0 Å². The molecule has 3 heterocycles. The van der Waals surface area contributed by atoms with Gasteiger partial charge >= 0.3 is 5.97 Å². The molecular formula is C35H33BrN2O8S. The van der Waals surface area contributed by atoms with Crippen LogP contribution in [0.5, 0.6) is 28.7 Å². The van der Waals surface area contributed by atoms with Gasteiger partial charge < -0.3 is 28.4 Å². The summed E-state index contributed by atoms with van der Waals surface area (Å²) in [5, 5.41) is 0. The molecule has 2 aliphatic heterocycles. The van der Waals surface area contributed by atoms with E-state index in [1.807, 2.05) is 55.5 Å². The maximum Gasteiger partial charge on any atom is 0.338 e. The van der Waals surface area contributed by atoms with Gasteiger partial charge in [0.15, 0.2) is 27.8 Å². The zero-order valence-corrected chi connectivity index (χ0v) is 28.7. The van der Waals surface area contributed by atoms with Gasteiger partial charge in [0.1, 0.15) is 18.4 Å². The largest absolute Gasteiger partial charge is 0.496 e.